The summed E-state index contributed by atoms with van der Waals surface area (Å²) in [7, 11) is 0. The van der Waals surface area contributed by atoms with Crippen LogP contribution in [-0.4, -0.2) is 34.6 Å². The summed E-state index contributed by atoms with van der Waals surface area (Å²) < 4.78 is 55.8. The number of hydrogen-bond donors (Lipinski definition) is 2. The van der Waals surface area contributed by atoms with Crippen molar-refractivity contribution in [2.75, 3.05) is 11.9 Å². The van der Waals surface area contributed by atoms with Gasteiger partial charge in [-0.05, 0) is 68.1 Å². The number of alkyl halides is 3. The minimum Gasteiger partial charge on any atom is -0.468 e. The highest BCUT2D eigenvalue weighted by Crippen LogP contribution is 2.22. The number of pyridine rings is 2. The molecular formula is C26H26F4N4O3. The molecule has 2 aromatic heterocycles. The van der Waals surface area contributed by atoms with Crippen molar-refractivity contribution in [3.05, 3.63) is 82.4 Å². The Hall–Kier alpha value is -4.02. The average molecular weight is 519 g/mol. The number of carbonyl (C=O) groups is 2. The molecule has 0 bridgehead atoms. The summed E-state index contributed by atoms with van der Waals surface area (Å²) >= 11 is 0. The normalized spacial score (nSPS) is 12.1. The van der Waals surface area contributed by atoms with E-state index in [-0.39, 0.29) is 29.5 Å². The van der Waals surface area contributed by atoms with E-state index in [0.29, 0.717) is 23.5 Å². The van der Waals surface area contributed by atoms with Gasteiger partial charge in [0, 0.05) is 18.7 Å². The van der Waals surface area contributed by atoms with E-state index in [2.05, 4.69) is 20.6 Å². The maximum absolute atomic E-state index is 13.2. The van der Waals surface area contributed by atoms with Gasteiger partial charge in [0.25, 0.3) is 5.91 Å². The van der Waals surface area contributed by atoms with Crippen LogP contribution in [0.3, 0.4) is 0 Å². The van der Waals surface area contributed by atoms with Gasteiger partial charge in [-0.25, -0.2) is 14.4 Å². The highest BCUT2D eigenvalue weighted by atomic mass is 19.4. The zero-order chi connectivity index (χ0) is 27.2. The first-order chi connectivity index (χ1) is 17.4. The summed E-state index contributed by atoms with van der Waals surface area (Å²) in [6.07, 6.45) is -3.97. The first kappa shape index (κ1) is 27.6. The second kappa shape index (κ2) is 11.8. The maximum Gasteiger partial charge on any atom is 0.422 e. The Morgan fingerprint density at radius 1 is 1.03 bits per heavy atom. The quantitative estimate of drug-likeness (QED) is 0.385. The Labute approximate surface area is 211 Å². The van der Waals surface area contributed by atoms with Crippen LogP contribution in [0.2, 0.25) is 0 Å². The summed E-state index contributed by atoms with van der Waals surface area (Å²) in [6, 6.07) is 11.2. The number of ether oxygens (including phenoxy) is 1. The van der Waals surface area contributed by atoms with Gasteiger partial charge in [-0.15, -0.1) is 0 Å². The fourth-order valence-corrected chi connectivity index (χ4v) is 3.58. The Morgan fingerprint density at radius 2 is 1.73 bits per heavy atom. The Kier molecular flexibility index (Phi) is 8.80. The standard InChI is InChI=1S/C26H26F4N4O3/c1-15-12-19(13-23(31-15)33-17(3)35)16(2)32-25(36)21-9-11-24(37-14-26(28,29)30)34-22(21)10-6-18-4-7-20(27)8-5-18/h4-5,7-9,11-13,16H,6,10,14H2,1-3H3,(H,32,36)(H,31,33,35). The highest BCUT2D eigenvalue weighted by molar-refractivity contribution is 5.95. The number of nitrogens with one attached hydrogen (secondary N) is 2. The minimum atomic E-state index is -4.54. The summed E-state index contributed by atoms with van der Waals surface area (Å²) in [5.41, 5.74) is 2.49. The molecule has 196 valence electrons. The third-order valence-corrected chi connectivity index (χ3v) is 5.27. The van der Waals surface area contributed by atoms with E-state index in [9.17, 15) is 27.2 Å². The largest absolute Gasteiger partial charge is 0.468 e. The summed E-state index contributed by atoms with van der Waals surface area (Å²) in [4.78, 5) is 33.0. The average Bonchev–Trinajstić information content (AvgIpc) is 2.81. The van der Waals surface area contributed by atoms with E-state index in [1.54, 1.807) is 38.1 Å². The van der Waals surface area contributed by atoms with Gasteiger partial charge in [-0.3, -0.25) is 9.59 Å². The van der Waals surface area contributed by atoms with Gasteiger partial charge < -0.3 is 15.4 Å². The number of halogens is 4. The molecule has 7 nitrogen and oxygen atoms in total. The number of nitrogens with zero attached hydrogens (tertiary/aromatic N) is 2. The lowest BCUT2D eigenvalue weighted by Gasteiger charge is -2.18. The number of amides is 2. The third kappa shape index (κ3) is 8.55. The highest BCUT2D eigenvalue weighted by Gasteiger charge is 2.29. The Morgan fingerprint density at radius 3 is 2.38 bits per heavy atom. The van der Waals surface area contributed by atoms with Gasteiger partial charge in [0.15, 0.2) is 6.61 Å². The van der Waals surface area contributed by atoms with Crippen molar-refractivity contribution in [3.63, 3.8) is 0 Å². The molecule has 0 aliphatic carbocycles. The number of carbonyl (C=O) groups excluding carboxylic acids is 2. The SMILES string of the molecule is CC(=O)Nc1cc(C(C)NC(=O)c2ccc(OCC(F)(F)F)nc2CCc2ccc(F)cc2)cc(C)n1. The molecule has 1 aromatic carbocycles. The minimum absolute atomic E-state index is 0.168. The van der Waals surface area contributed by atoms with Crippen molar-refractivity contribution >= 4 is 17.6 Å². The molecule has 2 amide bonds. The van der Waals surface area contributed by atoms with E-state index in [1.165, 1.54) is 31.2 Å². The molecule has 3 rings (SSSR count). The number of hydrogen-bond acceptors (Lipinski definition) is 5. The van der Waals surface area contributed by atoms with Crippen molar-refractivity contribution in [3.8, 4) is 5.88 Å². The van der Waals surface area contributed by atoms with Crippen molar-refractivity contribution in [1.29, 1.82) is 0 Å². The molecule has 0 saturated heterocycles. The van der Waals surface area contributed by atoms with Gasteiger partial charge in [0.05, 0.1) is 17.3 Å². The molecule has 2 N–H and O–H groups in total. The molecule has 37 heavy (non-hydrogen) atoms. The van der Waals surface area contributed by atoms with Crippen LogP contribution in [0.25, 0.3) is 0 Å². The molecule has 0 fully saturated rings. The van der Waals surface area contributed by atoms with Crippen LogP contribution in [-0.2, 0) is 17.6 Å². The van der Waals surface area contributed by atoms with Gasteiger partial charge in [-0.1, -0.05) is 12.1 Å². The van der Waals surface area contributed by atoms with Crippen LogP contribution >= 0.6 is 0 Å². The van der Waals surface area contributed by atoms with E-state index >= 15 is 0 Å². The molecule has 0 radical (unpaired) electrons. The topological polar surface area (TPSA) is 93.2 Å². The smallest absolute Gasteiger partial charge is 0.422 e. The van der Waals surface area contributed by atoms with Crippen molar-refractivity contribution in [2.45, 2.75) is 45.8 Å². The van der Waals surface area contributed by atoms with Crippen LogP contribution in [0.5, 0.6) is 5.88 Å². The number of aryl methyl sites for hydroxylation is 3. The van der Waals surface area contributed by atoms with Gasteiger partial charge in [-0.2, -0.15) is 13.2 Å². The van der Waals surface area contributed by atoms with Crippen LogP contribution in [0.1, 0.15) is 52.8 Å². The molecule has 2 heterocycles. The summed E-state index contributed by atoms with van der Waals surface area (Å²) in [5, 5.41) is 5.46. The summed E-state index contributed by atoms with van der Waals surface area (Å²) in [5.74, 6) is -1.10. The lowest BCUT2D eigenvalue weighted by atomic mass is 10.0. The number of benzene rings is 1. The molecule has 3 aromatic rings. The van der Waals surface area contributed by atoms with Crippen molar-refractivity contribution in [2.24, 2.45) is 0 Å². The number of aromatic nitrogens is 2. The van der Waals surface area contributed by atoms with Crippen molar-refractivity contribution < 1.29 is 31.9 Å². The molecule has 0 spiro atoms. The lowest BCUT2D eigenvalue weighted by Crippen LogP contribution is -2.28. The fourth-order valence-electron chi connectivity index (χ4n) is 3.58. The van der Waals surface area contributed by atoms with Crippen LogP contribution in [0.4, 0.5) is 23.4 Å². The molecule has 0 aliphatic rings. The number of anilines is 1. The predicted octanol–water partition coefficient (Wildman–Crippen LogP) is 5.10. The molecule has 0 saturated carbocycles. The summed E-state index contributed by atoms with van der Waals surface area (Å²) in [6.45, 7) is 3.34. The van der Waals surface area contributed by atoms with Crippen LogP contribution in [0.15, 0.2) is 48.5 Å². The first-order valence-electron chi connectivity index (χ1n) is 11.4. The zero-order valence-electron chi connectivity index (χ0n) is 20.4. The molecule has 1 unspecified atom stereocenters. The fraction of sp³-hybridized carbons (Fsp3) is 0.308. The second-order valence-corrected chi connectivity index (χ2v) is 8.48. The van der Waals surface area contributed by atoms with E-state index < -0.39 is 30.5 Å². The number of rotatable bonds is 9. The van der Waals surface area contributed by atoms with Crippen molar-refractivity contribution in [1.82, 2.24) is 15.3 Å². The van der Waals surface area contributed by atoms with Crippen LogP contribution < -0.4 is 15.4 Å². The van der Waals surface area contributed by atoms with Gasteiger partial charge in [0.2, 0.25) is 11.8 Å². The monoisotopic (exact) mass is 518 g/mol. The molecule has 11 heteroatoms. The Balaban J connectivity index is 1.83. The van der Waals surface area contributed by atoms with Crippen LogP contribution in [0, 0.1) is 12.7 Å². The second-order valence-electron chi connectivity index (χ2n) is 8.48. The van der Waals surface area contributed by atoms with Gasteiger partial charge in [0.1, 0.15) is 11.6 Å². The maximum atomic E-state index is 13.2. The molecule has 1 atom stereocenters. The predicted molar refractivity (Wildman–Crippen MR) is 129 cm³/mol. The van der Waals surface area contributed by atoms with Gasteiger partial charge >= 0.3 is 6.18 Å². The van der Waals surface area contributed by atoms with E-state index in [0.717, 1.165) is 5.56 Å². The molecular weight excluding hydrogens is 492 g/mol. The lowest BCUT2D eigenvalue weighted by molar-refractivity contribution is -0.154. The Bertz CT molecular complexity index is 1260. The molecule has 0 aliphatic heterocycles. The first-order valence-corrected chi connectivity index (χ1v) is 11.4. The van der Waals surface area contributed by atoms with E-state index in [4.69, 9.17) is 4.74 Å². The zero-order valence-corrected chi connectivity index (χ0v) is 20.4. The van der Waals surface area contributed by atoms with E-state index in [1.807, 2.05) is 0 Å². The third-order valence-electron chi connectivity index (χ3n) is 5.27.